The summed E-state index contributed by atoms with van der Waals surface area (Å²) in [7, 11) is 1.69. The van der Waals surface area contributed by atoms with Crippen LogP contribution < -0.4 is 0 Å². The maximum atomic E-state index is 12.0. The lowest BCUT2D eigenvalue weighted by molar-refractivity contribution is -0.128. The summed E-state index contributed by atoms with van der Waals surface area (Å²) in [6.07, 6.45) is 1.11. The van der Waals surface area contributed by atoms with Gasteiger partial charge in [0, 0.05) is 30.2 Å². The molecule has 5 heteroatoms. The van der Waals surface area contributed by atoms with Gasteiger partial charge in [0.1, 0.15) is 5.84 Å². The first-order chi connectivity index (χ1) is 9.49. The number of hydrogen-bond donors (Lipinski definition) is 1. The predicted molar refractivity (Wildman–Crippen MR) is 84.7 cm³/mol. The lowest BCUT2D eigenvalue weighted by Crippen LogP contribution is -2.46. The zero-order valence-electron chi connectivity index (χ0n) is 11.5. The van der Waals surface area contributed by atoms with Crippen molar-refractivity contribution >= 4 is 34.4 Å². The molecule has 0 radical (unpaired) electrons. The Balaban J connectivity index is 1.93. The van der Waals surface area contributed by atoms with Crippen molar-refractivity contribution in [3.05, 3.63) is 33.2 Å². The number of piperidine rings is 1. The first-order valence-electron chi connectivity index (χ1n) is 6.45. The molecule has 2 aromatic rings. The lowest BCUT2D eigenvalue weighted by Gasteiger charge is -2.36. The Bertz CT molecular complexity index is 639. The highest BCUT2D eigenvalue weighted by molar-refractivity contribution is 7.10. The number of rotatable bonds is 2. The van der Waals surface area contributed by atoms with Gasteiger partial charge in [-0.05, 0) is 39.4 Å². The second-order valence-electron chi connectivity index (χ2n) is 5.53. The molecule has 3 nitrogen and oxygen atoms in total. The molecule has 3 heterocycles. The predicted octanol–water partition coefficient (Wildman–Crippen LogP) is 3.96. The minimum atomic E-state index is -0.236. The molecule has 2 aromatic heterocycles. The van der Waals surface area contributed by atoms with Crippen LogP contribution in [-0.2, 0) is 10.2 Å². The van der Waals surface area contributed by atoms with Gasteiger partial charge in [-0.3, -0.25) is 10.2 Å². The molecule has 1 saturated heterocycles. The smallest absolute Gasteiger partial charge is 0.228 e. The molecule has 1 aliphatic rings. The second kappa shape index (κ2) is 4.82. The molecule has 3 rings (SSSR count). The summed E-state index contributed by atoms with van der Waals surface area (Å²) >= 11 is 3.38. The van der Waals surface area contributed by atoms with E-state index in [1.807, 2.05) is 0 Å². The summed E-state index contributed by atoms with van der Waals surface area (Å²) in [6, 6.07) is 4.29. The van der Waals surface area contributed by atoms with Crippen molar-refractivity contribution in [2.45, 2.75) is 25.2 Å². The Kier molecular flexibility index (Phi) is 3.26. The number of carbonyl (C=O) groups is 1. The van der Waals surface area contributed by atoms with Crippen LogP contribution in [0.2, 0.25) is 0 Å². The van der Waals surface area contributed by atoms with Gasteiger partial charge in [-0.2, -0.15) is 11.3 Å². The van der Waals surface area contributed by atoms with E-state index in [0.717, 1.165) is 0 Å². The largest absolute Gasteiger partial charge is 0.304 e. The molecule has 0 unspecified atom stereocenters. The van der Waals surface area contributed by atoms with Gasteiger partial charge in [0.15, 0.2) is 0 Å². The molecule has 104 valence electrons. The van der Waals surface area contributed by atoms with E-state index in [9.17, 15) is 4.79 Å². The molecule has 0 spiro atoms. The van der Waals surface area contributed by atoms with Crippen LogP contribution in [0.5, 0.6) is 0 Å². The molecule has 1 aliphatic heterocycles. The van der Waals surface area contributed by atoms with Crippen LogP contribution in [0.1, 0.15) is 24.6 Å². The molecule has 0 saturated carbocycles. The summed E-state index contributed by atoms with van der Waals surface area (Å²) in [5.41, 5.74) is 2.21. The second-order valence-corrected chi connectivity index (χ2v) is 7.22. The molecule has 1 fully saturated rings. The zero-order valence-corrected chi connectivity index (χ0v) is 13.1. The van der Waals surface area contributed by atoms with Crippen LogP contribution in [0, 0.1) is 5.41 Å². The van der Waals surface area contributed by atoms with Crippen LogP contribution in [0.3, 0.4) is 0 Å². The van der Waals surface area contributed by atoms with Crippen molar-refractivity contribution in [2.24, 2.45) is 0 Å². The Morgan fingerprint density at radius 2 is 2.10 bits per heavy atom. The fourth-order valence-electron chi connectivity index (χ4n) is 2.56. The van der Waals surface area contributed by atoms with Gasteiger partial charge >= 0.3 is 0 Å². The number of hydrogen-bond acceptors (Lipinski definition) is 4. The number of nitrogens with one attached hydrogen (secondary N) is 1. The number of thiophene rings is 2. The minimum Gasteiger partial charge on any atom is -0.304 e. The quantitative estimate of drug-likeness (QED) is 0.896. The maximum absolute atomic E-state index is 12.0. The number of amides is 1. The van der Waals surface area contributed by atoms with Crippen molar-refractivity contribution in [1.29, 1.82) is 5.41 Å². The summed E-state index contributed by atoms with van der Waals surface area (Å²) < 4.78 is 0. The highest BCUT2D eigenvalue weighted by Crippen LogP contribution is 2.41. The number of likely N-dealkylation sites (tertiary alicyclic amines) is 1. The van der Waals surface area contributed by atoms with E-state index in [1.165, 1.54) is 20.9 Å². The van der Waals surface area contributed by atoms with Gasteiger partial charge in [-0.15, -0.1) is 11.3 Å². The highest BCUT2D eigenvalue weighted by atomic mass is 32.1. The Hall–Kier alpha value is -1.46. The van der Waals surface area contributed by atoms with Crippen molar-refractivity contribution in [3.8, 4) is 11.1 Å². The fourth-order valence-corrected chi connectivity index (χ4v) is 4.31. The summed E-state index contributed by atoms with van der Waals surface area (Å²) in [6.45, 7) is 2.09. The molecule has 1 N–H and O–H groups in total. The van der Waals surface area contributed by atoms with Crippen LogP contribution in [0.15, 0.2) is 28.3 Å². The number of carbonyl (C=O) groups excluding carboxylic acids is 1. The summed E-state index contributed by atoms with van der Waals surface area (Å²) in [5.74, 6) is 0.448. The number of amidine groups is 1. The van der Waals surface area contributed by atoms with Crippen molar-refractivity contribution in [3.63, 3.8) is 0 Å². The SMILES string of the molecule is CN1C(=N)C[C@](C)(c2cc(-c3ccsc3)cs2)CC1=O. The van der Waals surface area contributed by atoms with Crippen LogP contribution in [-0.4, -0.2) is 23.7 Å². The van der Waals surface area contributed by atoms with Crippen LogP contribution in [0.25, 0.3) is 11.1 Å². The standard InChI is InChI=1S/C15H16N2OS2/c1-15(6-13(16)17(2)14(18)7-15)12-5-11(9-20-12)10-3-4-19-8-10/h3-5,8-9,16H,6-7H2,1-2H3/t15-/m0/s1. The number of nitrogens with zero attached hydrogens (tertiary/aromatic N) is 1. The zero-order chi connectivity index (χ0) is 14.3. The van der Waals surface area contributed by atoms with Crippen LogP contribution >= 0.6 is 22.7 Å². The first kappa shape index (κ1) is 13.5. The van der Waals surface area contributed by atoms with Crippen LogP contribution in [0.4, 0.5) is 0 Å². The molecule has 20 heavy (non-hydrogen) atoms. The van der Waals surface area contributed by atoms with Crippen molar-refractivity contribution in [1.82, 2.24) is 4.90 Å². The monoisotopic (exact) mass is 304 g/mol. The van der Waals surface area contributed by atoms with Gasteiger partial charge in [-0.25, -0.2) is 0 Å². The molecule has 1 amide bonds. The molecular weight excluding hydrogens is 288 g/mol. The van der Waals surface area contributed by atoms with E-state index in [0.29, 0.717) is 18.7 Å². The normalized spacial score (nSPS) is 23.4. The third-order valence-corrected chi connectivity index (χ3v) is 5.85. The summed E-state index contributed by atoms with van der Waals surface area (Å²) in [4.78, 5) is 14.7. The van der Waals surface area contributed by atoms with E-state index in [2.05, 4.69) is 35.2 Å². The molecule has 1 atom stereocenters. The average molecular weight is 304 g/mol. The average Bonchev–Trinajstić information content (AvgIpc) is 3.06. The minimum absolute atomic E-state index is 0.0363. The van der Waals surface area contributed by atoms with Crippen molar-refractivity contribution in [2.75, 3.05) is 7.05 Å². The van der Waals surface area contributed by atoms with E-state index >= 15 is 0 Å². The Morgan fingerprint density at radius 3 is 2.75 bits per heavy atom. The molecule has 0 aliphatic carbocycles. The van der Waals surface area contributed by atoms with Gasteiger partial charge in [0.25, 0.3) is 0 Å². The fraction of sp³-hybridized carbons (Fsp3) is 0.333. The van der Waals surface area contributed by atoms with Gasteiger partial charge in [-0.1, -0.05) is 6.92 Å². The first-order valence-corrected chi connectivity index (χ1v) is 8.27. The van der Waals surface area contributed by atoms with Gasteiger partial charge in [0.2, 0.25) is 5.91 Å². The van der Waals surface area contributed by atoms with E-state index in [-0.39, 0.29) is 11.3 Å². The maximum Gasteiger partial charge on any atom is 0.228 e. The Labute approximate surface area is 126 Å². The van der Waals surface area contributed by atoms with Gasteiger partial charge < -0.3 is 4.90 Å². The van der Waals surface area contributed by atoms with E-state index in [1.54, 1.807) is 29.7 Å². The molecular formula is C15H16N2OS2. The van der Waals surface area contributed by atoms with Gasteiger partial charge in [0.05, 0.1) is 0 Å². The van der Waals surface area contributed by atoms with Crippen molar-refractivity contribution < 1.29 is 4.79 Å². The lowest BCUT2D eigenvalue weighted by atomic mass is 9.78. The van der Waals surface area contributed by atoms with E-state index in [4.69, 9.17) is 5.41 Å². The van der Waals surface area contributed by atoms with E-state index < -0.39 is 0 Å². The topological polar surface area (TPSA) is 44.2 Å². The summed E-state index contributed by atoms with van der Waals surface area (Å²) in [5, 5.41) is 14.3. The molecule has 0 aromatic carbocycles. The third kappa shape index (κ3) is 2.21. The third-order valence-electron chi connectivity index (χ3n) is 3.93. The highest BCUT2D eigenvalue weighted by Gasteiger charge is 2.39. The Morgan fingerprint density at radius 1 is 1.30 bits per heavy atom. The molecule has 0 bridgehead atoms.